The lowest BCUT2D eigenvalue weighted by molar-refractivity contribution is 0.168. The van der Waals surface area contributed by atoms with Gasteiger partial charge in [-0.05, 0) is 18.2 Å². The van der Waals surface area contributed by atoms with Gasteiger partial charge in [-0.15, -0.1) is 0 Å². The number of benzene rings is 1. The van der Waals surface area contributed by atoms with Crippen LogP contribution in [0.2, 0.25) is 0 Å². The molecule has 0 aliphatic heterocycles. The highest BCUT2D eigenvalue weighted by molar-refractivity contribution is 5.21. The number of hydrogen-bond donors (Lipinski definition) is 3. The van der Waals surface area contributed by atoms with Gasteiger partial charge in [-0.25, -0.2) is 8.78 Å². The van der Waals surface area contributed by atoms with Gasteiger partial charge in [-0.1, -0.05) is 6.07 Å². The van der Waals surface area contributed by atoms with E-state index in [1.165, 1.54) is 6.07 Å². The Morgan fingerprint density at radius 3 is 2.55 bits per heavy atom. The molecule has 6 heteroatoms. The first kappa shape index (κ1) is 14.6. The SMILES string of the molecule is OCc1ccc(CNC[C@H](O)c2ccc(F)cc2F)o1. The summed E-state index contributed by atoms with van der Waals surface area (Å²) < 4.78 is 31.4. The number of aliphatic hydroxyl groups excluding tert-OH is 2. The van der Waals surface area contributed by atoms with Crippen LogP contribution >= 0.6 is 0 Å². The number of rotatable bonds is 6. The summed E-state index contributed by atoms with van der Waals surface area (Å²) in [5.74, 6) is -0.411. The zero-order valence-corrected chi connectivity index (χ0v) is 10.6. The van der Waals surface area contributed by atoms with Crippen LogP contribution in [0.4, 0.5) is 8.78 Å². The number of nitrogens with one attached hydrogen (secondary N) is 1. The third-order valence-corrected chi connectivity index (χ3v) is 2.83. The van der Waals surface area contributed by atoms with Crippen molar-refractivity contribution in [2.75, 3.05) is 6.54 Å². The van der Waals surface area contributed by atoms with Crippen molar-refractivity contribution in [3.63, 3.8) is 0 Å². The van der Waals surface area contributed by atoms with Gasteiger partial charge >= 0.3 is 0 Å². The van der Waals surface area contributed by atoms with Gasteiger partial charge in [0, 0.05) is 18.2 Å². The molecule has 0 fully saturated rings. The molecule has 4 nitrogen and oxygen atoms in total. The summed E-state index contributed by atoms with van der Waals surface area (Å²) in [5, 5.41) is 21.6. The van der Waals surface area contributed by atoms with E-state index >= 15 is 0 Å². The molecule has 2 rings (SSSR count). The highest BCUT2D eigenvalue weighted by Gasteiger charge is 2.13. The van der Waals surface area contributed by atoms with Gasteiger partial charge in [0.15, 0.2) is 0 Å². The third-order valence-electron chi connectivity index (χ3n) is 2.83. The minimum absolute atomic E-state index is 0.0365. The minimum atomic E-state index is -1.08. The van der Waals surface area contributed by atoms with E-state index in [9.17, 15) is 13.9 Å². The van der Waals surface area contributed by atoms with Gasteiger partial charge in [0.05, 0.1) is 12.6 Å². The molecule has 0 radical (unpaired) electrons. The molecule has 108 valence electrons. The molecule has 0 aliphatic carbocycles. The molecule has 0 bridgehead atoms. The summed E-state index contributed by atoms with van der Waals surface area (Å²) in [4.78, 5) is 0. The van der Waals surface area contributed by atoms with Crippen LogP contribution in [0.5, 0.6) is 0 Å². The summed E-state index contributed by atoms with van der Waals surface area (Å²) >= 11 is 0. The van der Waals surface area contributed by atoms with Crippen LogP contribution in [0.3, 0.4) is 0 Å². The Morgan fingerprint density at radius 1 is 1.15 bits per heavy atom. The van der Waals surface area contributed by atoms with Crippen LogP contribution < -0.4 is 5.32 Å². The van der Waals surface area contributed by atoms with E-state index in [1.807, 2.05) is 0 Å². The molecule has 0 amide bonds. The lowest BCUT2D eigenvalue weighted by atomic mass is 10.1. The average molecular weight is 283 g/mol. The summed E-state index contributed by atoms with van der Waals surface area (Å²) in [6, 6.07) is 6.39. The van der Waals surface area contributed by atoms with Crippen LogP contribution in [0, 0.1) is 11.6 Å². The van der Waals surface area contributed by atoms with E-state index < -0.39 is 17.7 Å². The van der Waals surface area contributed by atoms with Gasteiger partial charge in [0.1, 0.15) is 29.8 Å². The third kappa shape index (κ3) is 3.63. The number of aliphatic hydroxyl groups is 2. The second kappa shape index (κ2) is 6.60. The lowest BCUT2D eigenvalue weighted by Gasteiger charge is -2.12. The largest absolute Gasteiger partial charge is 0.462 e. The fourth-order valence-corrected chi connectivity index (χ4v) is 1.82. The highest BCUT2D eigenvalue weighted by atomic mass is 19.1. The van der Waals surface area contributed by atoms with Gasteiger partial charge < -0.3 is 19.9 Å². The molecule has 1 aromatic carbocycles. The second-order valence-corrected chi connectivity index (χ2v) is 4.34. The summed E-state index contributed by atoms with van der Waals surface area (Å²) in [6.45, 7) is 0.251. The molecule has 0 saturated carbocycles. The molecule has 1 atom stereocenters. The second-order valence-electron chi connectivity index (χ2n) is 4.34. The molecule has 0 saturated heterocycles. The van der Waals surface area contributed by atoms with Crippen molar-refractivity contribution in [3.8, 4) is 0 Å². The molecule has 1 aromatic heterocycles. The van der Waals surface area contributed by atoms with Crippen LogP contribution in [0.25, 0.3) is 0 Å². The van der Waals surface area contributed by atoms with E-state index in [-0.39, 0.29) is 18.7 Å². The lowest BCUT2D eigenvalue weighted by Crippen LogP contribution is -2.21. The first-order chi connectivity index (χ1) is 9.60. The molecule has 0 unspecified atom stereocenters. The molecule has 3 N–H and O–H groups in total. The molecular weight excluding hydrogens is 268 g/mol. The Balaban J connectivity index is 1.87. The first-order valence-electron chi connectivity index (χ1n) is 6.12. The maximum absolute atomic E-state index is 13.4. The number of hydrogen-bond acceptors (Lipinski definition) is 4. The molecule has 2 aromatic rings. The topological polar surface area (TPSA) is 65.6 Å². The Hall–Kier alpha value is -1.76. The van der Waals surface area contributed by atoms with E-state index in [0.29, 0.717) is 18.1 Å². The van der Waals surface area contributed by atoms with Crippen molar-refractivity contribution >= 4 is 0 Å². The minimum Gasteiger partial charge on any atom is -0.462 e. The average Bonchev–Trinajstić information content (AvgIpc) is 2.86. The van der Waals surface area contributed by atoms with E-state index in [2.05, 4.69) is 5.32 Å². The van der Waals surface area contributed by atoms with E-state index in [4.69, 9.17) is 9.52 Å². The number of halogens is 2. The zero-order valence-electron chi connectivity index (χ0n) is 10.6. The van der Waals surface area contributed by atoms with Crippen LogP contribution in [-0.4, -0.2) is 16.8 Å². The molecule has 0 spiro atoms. The molecule has 0 aliphatic rings. The Bertz CT molecular complexity index is 571. The maximum atomic E-state index is 13.4. The fraction of sp³-hybridized carbons (Fsp3) is 0.286. The van der Waals surface area contributed by atoms with Crippen molar-refractivity contribution in [2.24, 2.45) is 0 Å². The first-order valence-corrected chi connectivity index (χ1v) is 6.12. The van der Waals surface area contributed by atoms with Crippen molar-refractivity contribution in [2.45, 2.75) is 19.3 Å². The zero-order chi connectivity index (χ0) is 14.5. The van der Waals surface area contributed by atoms with Gasteiger partial charge in [-0.2, -0.15) is 0 Å². The van der Waals surface area contributed by atoms with Crippen molar-refractivity contribution < 1.29 is 23.4 Å². The summed E-state index contributed by atoms with van der Waals surface area (Å²) in [5.41, 5.74) is 0.0365. The summed E-state index contributed by atoms with van der Waals surface area (Å²) in [7, 11) is 0. The van der Waals surface area contributed by atoms with E-state index in [0.717, 1.165) is 12.1 Å². The predicted octanol–water partition coefficient (Wildman–Crippen LogP) is 1.87. The van der Waals surface area contributed by atoms with Gasteiger partial charge in [0.25, 0.3) is 0 Å². The fourth-order valence-electron chi connectivity index (χ4n) is 1.82. The Kier molecular flexibility index (Phi) is 4.84. The quantitative estimate of drug-likeness (QED) is 0.757. The molecule has 1 heterocycles. The van der Waals surface area contributed by atoms with Crippen LogP contribution in [0.1, 0.15) is 23.2 Å². The van der Waals surface area contributed by atoms with Crippen molar-refractivity contribution in [1.29, 1.82) is 0 Å². The van der Waals surface area contributed by atoms with Crippen LogP contribution in [-0.2, 0) is 13.2 Å². The van der Waals surface area contributed by atoms with E-state index in [1.54, 1.807) is 12.1 Å². The Morgan fingerprint density at radius 2 is 1.90 bits per heavy atom. The Labute approximate surface area is 114 Å². The van der Waals surface area contributed by atoms with Crippen LogP contribution in [0.15, 0.2) is 34.7 Å². The smallest absolute Gasteiger partial charge is 0.131 e. The highest BCUT2D eigenvalue weighted by Crippen LogP contribution is 2.17. The van der Waals surface area contributed by atoms with Crippen molar-refractivity contribution in [1.82, 2.24) is 5.32 Å². The molecule has 20 heavy (non-hydrogen) atoms. The predicted molar refractivity (Wildman–Crippen MR) is 67.7 cm³/mol. The molecular formula is C14H15F2NO3. The van der Waals surface area contributed by atoms with Gasteiger partial charge in [-0.3, -0.25) is 0 Å². The number of furan rings is 1. The van der Waals surface area contributed by atoms with Gasteiger partial charge in [0.2, 0.25) is 0 Å². The summed E-state index contributed by atoms with van der Waals surface area (Å²) in [6.07, 6.45) is -1.08. The normalized spacial score (nSPS) is 12.6. The standard InChI is InChI=1S/C14H15F2NO3/c15-9-1-4-12(13(16)5-9)14(19)7-17-6-10-2-3-11(8-18)20-10/h1-5,14,17-19H,6-8H2/t14-/m0/s1. The monoisotopic (exact) mass is 283 g/mol. The van der Waals surface area contributed by atoms with Crippen molar-refractivity contribution in [3.05, 3.63) is 59.1 Å². The maximum Gasteiger partial charge on any atom is 0.131 e.